The summed E-state index contributed by atoms with van der Waals surface area (Å²) >= 11 is 0. The van der Waals surface area contributed by atoms with Crippen molar-refractivity contribution in [1.82, 2.24) is 4.98 Å². The van der Waals surface area contributed by atoms with Gasteiger partial charge in [-0.05, 0) is 12.1 Å². The minimum atomic E-state index is -1.32. The van der Waals surface area contributed by atoms with E-state index < -0.39 is 23.4 Å². The maximum Gasteiger partial charge on any atom is 0.373 e. The number of rotatable bonds is 2. The van der Waals surface area contributed by atoms with E-state index in [0.717, 1.165) is 12.3 Å². The highest BCUT2D eigenvalue weighted by molar-refractivity contribution is 5.84. The van der Waals surface area contributed by atoms with E-state index in [1.54, 1.807) is 0 Å². The largest absolute Gasteiger partial charge is 0.475 e. The predicted molar refractivity (Wildman–Crippen MR) is 48.8 cm³/mol. The lowest BCUT2D eigenvalue weighted by Crippen LogP contribution is -1.92. The molecule has 4 nitrogen and oxygen atoms in total. The van der Waals surface area contributed by atoms with Crippen LogP contribution in [0.5, 0.6) is 0 Å². The van der Waals surface area contributed by atoms with Crippen LogP contribution in [0, 0.1) is 11.6 Å². The van der Waals surface area contributed by atoms with Crippen molar-refractivity contribution in [1.29, 1.82) is 0 Å². The Morgan fingerprint density at radius 3 is 2.75 bits per heavy atom. The second-order valence-electron chi connectivity index (χ2n) is 2.94. The van der Waals surface area contributed by atoms with E-state index in [9.17, 15) is 13.6 Å². The third-order valence-electron chi connectivity index (χ3n) is 1.90. The standard InChI is InChI=1S/C10H5F2NO3/c11-6-3-1-2-5(8(6)12)9-13-4-7(16-9)10(14)15/h1-4H,(H,14,15). The van der Waals surface area contributed by atoms with E-state index in [4.69, 9.17) is 9.52 Å². The molecule has 0 aliphatic carbocycles. The molecule has 0 atom stereocenters. The van der Waals surface area contributed by atoms with Crippen molar-refractivity contribution in [3.63, 3.8) is 0 Å². The van der Waals surface area contributed by atoms with Crippen LogP contribution in [0.1, 0.15) is 10.6 Å². The molecule has 1 heterocycles. The van der Waals surface area contributed by atoms with Gasteiger partial charge in [0.15, 0.2) is 11.6 Å². The van der Waals surface area contributed by atoms with Crippen LogP contribution >= 0.6 is 0 Å². The highest BCUT2D eigenvalue weighted by Crippen LogP contribution is 2.23. The van der Waals surface area contributed by atoms with Gasteiger partial charge in [-0.3, -0.25) is 0 Å². The second-order valence-corrected chi connectivity index (χ2v) is 2.94. The van der Waals surface area contributed by atoms with Crippen molar-refractivity contribution >= 4 is 5.97 Å². The summed E-state index contributed by atoms with van der Waals surface area (Å²) in [4.78, 5) is 14.1. The van der Waals surface area contributed by atoms with Gasteiger partial charge in [0.05, 0.1) is 11.8 Å². The van der Waals surface area contributed by atoms with Crippen molar-refractivity contribution in [2.24, 2.45) is 0 Å². The molecule has 0 spiro atoms. The Kier molecular flexibility index (Phi) is 2.40. The topological polar surface area (TPSA) is 63.3 Å². The van der Waals surface area contributed by atoms with Crippen LogP contribution in [0.2, 0.25) is 0 Å². The Morgan fingerprint density at radius 1 is 1.38 bits per heavy atom. The van der Waals surface area contributed by atoms with Gasteiger partial charge in [0.25, 0.3) is 0 Å². The van der Waals surface area contributed by atoms with Crippen LogP contribution in [-0.2, 0) is 0 Å². The zero-order valence-electron chi connectivity index (χ0n) is 7.78. The summed E-state index contributed by atoms with van der Waals surface area (Å²) in [5.74, 6) is -4.20. The first-order chi connectivity index (χ1) is 7.59. The number of carboxylic acids is 1. The van der Waals surface area contributed by atoms with E-state index in [2.05, 4.69) is 4.98 Å². The van der Waals surface area contributed by atoms with Crippen LogP contribution in [0.15, 0.2) is 28.8 Å². The number of hydrogen-bond donors (Lipinski definition) is 1. The van der Waals surface area contributed by atoms with Gasteiger partial charge < -0.3 is 9.52 Å². The molecular weight excluding hydrogens is 220 g/mol. The van der Waals surface area contributed by atoms with Crippen molar-refractivity contribution in [3.05, 3.63) is 41.8 Å². The Hall–Kier alpha value is -2.24. The summed E-state index contributed by atoms with van der Waals surface area (Å²) in [6.45, 7) is 0. The molecule has 1 aromatic carbocycles. The summed E-state index contributed by atoms with van der Waals surface area (Å²) in [5.41, 5.74) is -0.215. The summed E-state index contributed by atoms with van der Waals surface area (Å²) in [5, 5.41) is 8.57. The van der Waals surface area contributed by atoms with Gasteiger partial charge >= 0.3 is 5.97 Å². The fourth-order valence-electron chi connectivity index (χ4n) is 1.17. The first-order valence-corrected chi connectivity index (χ1v) is 4.23. The van der Waals surface area contributed by atoms with Gasteiger partial charge in [-0.1, -0.05) is 6.07 Å². The Morgan fingerprint density at radius 2 is 2.12 bits per heavy atom. The van der Waals surface area contributed by atoms with Crippen LogP contribution in [0.3, 0.4) is 0 Å². The Labute approximate surface area is 88.2 Å². The Bertz CT molecular complexity index is 551. The fourth-order valence-corrected chi connectivity index (χ4v) is 1.17. The molecule has 16 heavy (non-hydrogen) atoms. The zero-order valence-corrected chi connectivity index (χ0v) is 7.78. The molecule has 0 saturated heterocycles. The molecule has 1 N–H and O–H groups in total. The lowest BCUT2D eigenvalue weighted by atomic mass is 10.2. The molecule has 0 amide bonds. The number of aromatic carboxylic acids is 1. The summed E-state index contributed by atoms with van der Waals surface area (Å²) in [6.07, 6.45) is 0.933. The molecule has 0 bridgehead atoms. The minimum Gasteiger partial charge on any atom is -0.475 e. The maximum absolute atomic E-state index is 13.3. The van der Waals surface area contributed by atoms with E-state index in [1.165, 1.54) is 12.1 Å². The molecule has 0 radical (unpaired) electrons. The molecule has 2 aromatic rings. The first-order valence-electron chi connectivity index (χ1n) is 4.23. The molecule has 6 heteroatoms. The van der Waals surface area contributed by atoms with Gasteiger partial charge in [0.1, 0.15) is 0 Å². The van der Waals surface area contributed by atoms with Gasteiger partial charge in [0.2, 0.25) is 11.7 Å². The van der Waals surface area contributed by atoms with E-state index >= 15 is 0 Å². The molecule has 0 fully saturated rings. The monoisotopic (exact) mass is 225 g/mol. The summed E-state index contributed by atoms with van der Waals surface area (Å²) in [6, 6.07) is 3.47. The first kappa shape index (κ1) is 10.3. The predicted octanol–water partition coefficient (Wildman–Crippen LogP) is 2.32. The third-order valence-corrected chi connectivity index (χ3v) is 1.90. The van der Waals surface area contributed by atoms with Crippen molar-refractivity contribution in [3.8, 4) is 11.5 Å². The average Bonchev–Trinajstić information content (AvgIpc) is 2.71. The molecule has 0 saturated carbocycles. The quantitative estimate of drug-likeness (QED) is 0.851. The molecular formula is C10H5F2NO3. The third kappa shape index (κ3) is 1.65. The van der Waals surface area contributed by atoms with Gasteiger partial charge in [-0.2, -0.15) is 0 Å². The number of carbonyl (C=O) groups is 1. The fraction of sp³-hybridized carbons (Fsp3) is 0. The number of hydrogen-bond acceptors (Lipinski definition) is 3. The lowest BCUT2D eigenvalue weighted by Gasteiger charge is -1.98. The second kappa shape index (κ2) is 3.73. The van der Waals surface area contributed by atoms with Crippen LogP contribution < -0.4 is 0 Å². The Balaban J connectivity index is 2.50. The number of carboxylic acid groups (broad SMARTS) is 1. The van der Waals surface area contributed by atoms with Gasteiger partial charge in [-0.15, -0.1) is 0 Å². The van der Waals surface area contributed by atoms with Crippen LogP contribution in [0.4, 0.5) is 8.78 Å². The smallest absolute Gasteiger partial charge is 0.373 e. The van der Waals surface area contributed by atoms with Crippen molar-refractivity contribution < 1.29 is 23.1 Å². The van der Waals surface area contributed by atoms with Gasteiger partial charge in [0, 0.05) is 0 Å². The summed E-state index contributed by atoms with van der Waals surface area (Å²) < 4.78 is 30.9. The number of nitrogens with zero attached hydrogens (tertiary/aromatic N) is 1. The number of aromatic nitrogens is 1. The SMILES string of the molecule is O=C(O)c1cnc(-c2cccc(F)c2F)o1. The molecule has 82 valence electrons. The van der Waals surface area contributed by atoms with Gasteiger partial charge in [-0.25, -0.2) is 18.6 Å². The van der Waals surface area contributed by atoms with E-state index in [-0.39, 0.29) is 11.5 Å². The molecule has 0 unspecified atom stereocenters. The average molecular weight is 225 g/mol. The van der Waals surface area contributed by atoms with Crippen LogP contribution in [0.25, 0.3) is 11.5 Å². The van der Waals surface area contributed by atoms with Crippen molar-refractivity contribution in [2.45, 2.75) is 0 Å². The molecule has 0 aliphatic heterocycles. The van der Waals surface area contributed by atoms with E-state index in [0.29, 0.717) is 0 Å². The summed E-state index contributed by atoms with van der Waals surface area (Å²) in [7, 11) is 0. The molecule has 0 aliphatic rings. The zero-order chi connectivity index (χ0) is 11.7. The van der Waals surface area contributed by atoms with Crippen LogP contribution in [-0.4, -0.2) is 16.1 Å². The number of oxazole rings is 1. The van der Waals surface area contributed by atoms with Crippen molar-refractivity contribution in [2.75, 3.05) is 0 Å². The van der Waals surface area contributed by atoms with E-state index in [1.807, 2.05) is 0 Å². The molecule has 2 rings (SSSR count). The minimum absolute atomic E-state index is 0.215. The lowest BCUT2D eigenvalue weighted by molar-refractivity contribution is 0.0663. The number of halogens is 2. The number of benzene rings is 1. The molecule has 1 aromatic heterocycles. The normalized spacial score (nSPS) is 10.4. The highest BCUT2D eigenvalue weighted by Gasteiger charge is 2.16. The maximum atomic E-state index is 13.3. The highest BCUT2D eigenvalue weighted by atomic mass is 19.2.